The molecule has 3 aliphatic rings. The molecule has 1 atom stereocenters. The lowest BCUT2D eigenvalue weighted by Gasteiger charge is -2.26. The molecule has 1 N–H and O–H groups in total. The maximum Gasteiger partial charge on any atom is 0.316 e. The highest BCUT2D eigenvalue weighted by Crippen LogP contribution is 2.41. The summed E-state index contributed by atoms with van der Waals surface area (Å²) in [5.74, 6) is 2.54. The van der Waals surface area contributed by atoms with Crippen LogP contribution in [0.5, 0.6) is 11.5 Å². The van der Waals surface area contributed by atoms with Gasteiger partial charge in [-0.25, -0.2) is 9.48 Å². The third kappa shape index (κ3) is 2.70. The van der Waals surface area contributed by atoms with Gasteiger partial charge in [-0.05, 0) is 54.9 Å². The predicted molar refractivity (Wildman–Crippen MR) is 107 cm³/mol. The van der Waals surface area contributed by atoms with Gasteiger partial charge in [0.1, 0.15) is 18.9 Å². The topological polar surface area (TPSA) is 44.9 Å². The van der Waals surface area contributed by atoms with Crippen LogP contribution < -0.4 is 14.4 Å². The van der Waals surface area contributed by atoms with Crippen LogP contribution in [0.15, 0.2) is 42.5 Å². The molecule has 3 heterocycles. The number of thioether (sulfide) groups is 1. The first-order chi connectivity index (χ1) is 13.2. The minimum absolute atomic E-state index is 0.500. The van der Waals surface area contributed by atoms with Crippen LogP contribution in [0.1, 0.15) is 17.5 Å². The number of anilines is 1. The molecule has 0 aliphatic carbocycles. The lowest BCUT2D eigenvalue weighted by atomic mass is 10.0. The monoisotopic (exact) mass is 383 g/mol. The summed E-state index contributed by atoms with van der Waals surface area (Å²) in [5.41, 5.74) is 2.13. The van der Waals surface area contributed by atoms with Gasteiger partial charge in [-0.15, -0.1) is 0 Å². The Bertz CT molecular complexity index is 929. The van der Waals surface area contributed by atoms with Gasteiger partial charge in [0.05, 0.1) is 6.54 Å². The van der Waals surface area contributed by atoms with Crippen molar-refractivity contribution in [3.8, 4) is 11.5 Å². The maximum atomic E-state index is 11.8. The second kappa shape index (κ2) is 6.46. The molecule has 2 aromatic carbocycles. The van der Waals surface area contributed by atoms with Gasteiger partial charge < -0.3 is 14.6 Å². The van der Waals surface area contributed by atoms with Crippen molar-refractivity contribution in [1.82, 2.24) is 0 Å². The van der Waals surface area contributed by atoms with Gasteiger partial charge in [0.25, 0.3) is 5.72 Å². The van der Waals surface area contributed by atoms with Gasteiger partial charge in [0.15, 0.2) is 18.0 Å². The van der Waals surface area contributed by atoms with Crippen molar-refractivity contribution >= 4 is 22.6 Å². The quantitative estimate of drug-likeness (QED) is 0.808. The van der Waals surface area contributed by atoms with Crippen molar-refractivity contribution in [3.05, 3.63) is 53.6 Å². The number of aliphatic hydroxyl groups is 1. The third-order valence-corrected chi connectivity index (χ3v) is 6.65. The van der Waals surface area contributed by atoms with Crippen LogP contribution in [0, 0.1) is 6.92 Å². The van der Waals surface area contributed by atoms with Crippen LogP contribution in [0.25, 0.3) is 0 Å². The lowest BCUT2D eigenvalue weighted by Crippen LogP contribution is -2.41. The highest BCUT2D eigenvalue weighted by atomic mass is 32.2. The molecule has 27 heavy (non-hydrogen) atoms. The number of β-amino-alcohol motifs (C(OH)–C–C–N with tert-alkyl or cyclic N) is 1. The van der Waals surface area contributed by atoms with Crippen molar-refractivity contribution in [3.63, 3.8) is 0 Å². The Morgan fingerprint density at radius 2 is 1.93 bits per heavy atom. The fraction of sp³-hybridized carbons (Fsp3) is 0.381. The van der Waals surface area contributed by atoms with E-state index in [2.05, 4.69) is 40.7 Å². The number of rotatable bonds is 2. The molecule has 0 amide bonds. The molecule has 0 saturated carbocycles. The van der Waals surface area contributed by atoms with E-state index in [0.717, 1.165) is 40.9 Å². The fourth-order valence-electron chi connectivity index (χ4n) is 4.09. The summed E-state index contributed by atoms with van der Waals surface area (Å²) < 4.78 is 13.6. The molecule has 0 radical (unpaired) electrons. The number of amidine groups is 1. The second-order valence-corrected chi connectivity index (χ2v) is 8.25. The molecule has 2 aromatic rings. The number of benzene rings is 2. The Hall–Kier alpha value is -2.18. The van der Waals surface area contributed by atoms with E-state index in [4.69, 9.17) is 9.47 Å². The summed E-state index contributed by atoms with van der Waals surface area (Å²) in [6, 6.07) is 14.2. The zero-order valence-electron chi connectivity index (χ0n) is 15.4. The van der Waals surface area contributed by atoms with E-state index in [0.29, 0.717) is 25.5 Å². The number of aryl methyl sites for hydroxylation is 1. The zero-order chi connectivity index (χ0) is 18.4. The molecule has 5 rings (SSSR count). The van der Waals surface area contributed by atoms with Gasteiger partial charge in [-0.2, -0.15) is 0 Å². The van der Waals surface area contributed by atoms with Gasteiger partial charge in [0.2, 0.25) is 0 Å². The Labute approximate surface area is 163 Å². The number of nitrogens with zero attached hydrogens (tertiary/aromatic N) is 2. The summed E-state index contributed by atoms with van der Waals surface area (Å²) in [4.78, 5) is 2.26. The fourth-order valence-corrected chi connectivity index (χ4v) is 5.27. The molecule has 5 nitrogen and oxygen atoms in total. The van der Waals surface area contributed by atoms with Crippen LogP contribution in [-0.4, -0.2) is 46.9 Å². The van der Waals surface area contributed by atoms with E-state index in [1.54, 1.807) is 0 Å². The number of ether oxygens (including phenoxy) is 2. The molecular formula is C21H23N2O3S+. The molecule has 1 unspecified atom stereocenters. The van der Waals surface area contributed by atoms with Crippen molar-refractivity contribution in [2.45, 2.75) is 19.1 Å². The number of para-hydroxylation sites is 1. The molecule has 0 bridgehead atoms. The third-order valence-electron chi connectivity index (χ3n) is 5.45. The molecule has 0 fully saturated rings. The van der Waals surface area contributed by atoms with E-state index in [9.17, 15) is 5.11 Å². The minimum atomic E-state index is -1.08. The Morgan fingerprint density at radius 3 is 2.78 bits per heavy atom. The van der Waals surface area contributed by atoms with Crippen LogP contribution in [-0.2, 0) is 5.72 Å². The van der Waals surface area contributed by atoms with Crippen LogP contribution >= 0.6 is 11.8 Å². The molecule has 3 aliphatic heterocycles. The Kier molecular flexibility index (Phi) is 4.06. The summed E-state index contributed by atoms with van der Waals surface area (Å²) in [6.07, 6.45) is 1.06. The zero-order valence-corrected chi connectivity index (χ0v) is 16.2. The van der Waals surface area contributed by atoms with Crippen LogP contribution in [0.2, 0.25) is 0 Å². The average molecular weight is 383 g/mol. The van der Waals surface area contributed by atoms with Gasteiger partial charge in [0, 0.05) is 11.3 Å². The van der Waals surface area contributed by atoms with Gasteiger partial charge >= 0.3 is 5.17 Å². The predicted octanol–water partition coefficient (Wildman–Crippen LogP) is 2.94. The van der Waals surface area contributed by atoms with Crippen LogP contribution in [0.3, 0.4) is 0 Å². The molecular weight excluding hydrogens is 360 g/mol. The summed E-state index contributed by atoms with van der Waals surface area (Å²) in [6.45, 7) is 4.57. The molecule has 0 saturated heterocycles. The lowest BCUT2D eigenvalue weighted by molar-refractivity contribution is -0.656. The smallest absolute Gasteiger partial charge is 0.316 e. The van der Waals surface area contributed by atoms with E-state index in [1.807, 2.05) is 30.0 Å². The molecule has 140 valence electrons. The average Bonchev–Trinajstić information content (AvgIpc) is 3.02. The van der Waals surface area contributed by atoms with E-state index in [-0.39, 0.29) is 0 Å². The Balaban J connectivity index is 1.60. The number of hydrogen-bond acceptors (Lipinski definition) is 5. The Morgan fingerprint density at radius 1 is 1.11 bits per heavy atom. The number of hydrogen-bond donors (Lipinski definition) is 1. The normalized spacial score (nSPS) is 24.1. The van der Waals surface area contributed by atoms with Crippen molar-refractivity contribution in [2.24, 2.45) is 0 Å². The molecule has 6 heteroatoms. The molecule has 0 spiro atoms. The van der Waals surface area contributed by atoms with Gasteiger partial charge in [-0.1, -0.05) is 18.2 Å². The highest BCUT2D eigenvalue weighted by molar-refractivity contribution is 8.13. The van der Waals surface area contributed by atoms with Crippen molar-refractivity contribution in [2.75, 3.05) is 37.0 Å². The summed E-state index contributed by atoms with van der Waals surface area (Å²) >= 11 is 1.82. The highest BCUT2D eigenvalue weighted by Gasteiger charge is 2.53. The van der Waals surface area contributed by atoms with E-state index >= 15 is 0 Å². The standard InChI is InChI=1S/C21H23N2O3S/c1-15-5-2-3-6-17(15)22-14-21(24,23-9-4-12-27-20(22)23)16-7-8-18-19(13-16)26-11-10-25-18/h2-3,5-8,13,24H,4,9-12,14H2,1H3/q+1. The molecule has 0 aromatic heterocycles. The summed E-state index contributed by atoms with van der Waals surface area (Å²) in [7, 11) is 0. The largest absolute Gasteiger partial charge is 0.486 e. The first-order valence-electron chi connectivity index (χ1n) is 9.40. The first kappa shape index (κ1) is 17.0. The SMILES string of the molecule is Cc1ccccc1N1CC(O)(c2ccc3c(c2)OCCO3)[N+]2=C1SCCC2. The maximum absolute atomic E-state index is 11.8. The van der Waals surface area contributed by atoms with Gasteiger partial charge in [-0.3, -0.25) is 0 Å². The van der Waals surface area contributed by atoms with Crippen molar-refractivity contribution in [1.29, 1.82) is 0 Å². The van der Waals surface area contributed by atoms with Crippen LogP contribution in [0.4, 0.5) is 5.69 Å². The van der Waals surface area contributed by atoms with E-state index in [1.165, 1.54) is 5.56 Å². The summed E-state index contributed by atoms with van der Waals surface area (Å²) in [5, 5.41) is 13.0. The first-order valence-corrected chi connectivity index (χ1v) is 10.4. The number of fused-ring (bicyclic) bond motifs is 1. The minimum Gasteiger partial charge on any atom is -0.486 e. The van der Waals surface area contributed by atoms with Crippen molar-refractivity contribution < 1.29 is 19.2 Å². The van der Waals surface area contributed by atoms with E-state index < -0.39 is 5.72 Å². The second-order valence-electron chi connectivity index (χ2n) is 7.18.